The second kappa shape index (κ2) is 6.50. The van der Waals surface area contributed by atoms with Crippen LogP contribution in [0, 0.1) is 12.7 Å². The van der Waals surface area contributed by atoms with Crippen LogP contribution >= 0.6 is 15.9 Å². The maximum absolute atomic E-state index is 13.3. The minimum Gasteiger partial charge on any atom is -0.327 e. The van der Waals surface area contributed by atoms with Gasteiger partial charge in [-0.05, 0) is 40.5 Å². The van der Waals surface area contributed by atoms with E-state index in [4.69, 9.17) is 0 Å². The van der Waals surface area contributed by atoms with Crippen molar-refractivity contribution in [2.45, 2.75) is 39.9 Å². The molecule has 2 rings (SSSR count). The molecule has 0 radical (unpaired) electrons. The van der Waals surface area contributed by atoms with E-state index in [1.807, 2.05) is 19.2 Å². The lowest BCUT2D eigenvalue weighted by molar-refractivity contribution is 0.561. The summed E-state index contributed by atoms with van der Waals surface area (Å²) < 4.78 is 15.9. The van der Waals surface area contributed by atoms with Crippen LogP contribution in [-0.2, 0) is 13.1 Å². The van der Waals surface area contributed by atoms with Gasteiger partial charge in [0.25, 0.3) is 0 Å². The molecule has 3 nitrogen and oxygen atoms in total. The summed E-state index contributed by atoms with van der Waals surface area (Å²) in [4.78, 5) is 4.37. The van der Waals surface area contributed by atoms with Crippen molar-refractivity contribution in [2.24, 2.45) is 0 Å². The van der Waals surface area contributed by atoms with Crippen molar-refractivity contribution < 1.29 is 4.39 Å². The van der Waals surface area contributed by atoms with Gasteiger partial charge >= 0.3 is 0 Å². The highest BCUT2D eigenvalue weighted by Gasteiger charge is 2.09. The normalized spacial score (nSPS) is 11.3. The first kappa shape index (κ1) is 15.2. The molecule has 2 aromatic rings. The van der Waals surface area contributed by atoms with E-state index >= 15 is 0 Å². The largest absolute Gasteiger partial charge is 0.327 e. The highest BCUT2D eigenvalue weighted by Crippen LogP contribution is 2.18. The third-order valence-electron chi connectivity index (χ3n) is 3.15. The molecule has 0 aliphatic carbocycles. The molecule has 1 aromatic heterocycles. The zero-order chi connectivity index (χ0) is 14.7. The van der Waals surface area contributed by atoms with Crippen molar-refractivity contribution in [3.05, 3.63) is 51.8 Å². The van der Waals surface area contributed by atoms with Gasteiger partial charge in [-0.3, -0.25) is 0 Å². The second-order valence-corrected chi connectivity index (χ2v) is 6.02. The van der Waals surface area contributed by atoms with Crippen LogP contribution in [0.4, 0.5) is 4.39 Å². The van der Waals surface area contributed by atoms with E-state index in [0.29, 0.717) is 17.1 Å². The van der Waals surface area contributed by atoms with E-state index in [9.17, 15) is 4.39 Å². The maximum atomic E-state index is 13.3. The summed E-state index contributed by atoms with van der Waals surface area (Å²) in [5.74, 6) is 0.726. The van der Waals surface area contributed by atoms with E-state index in [1.54, 1.807) is 6.07 Å². The zero-order valence-electron chi connectivity index (χ0n) is 12.0. The Morgan fingerprint density at radius 3 is 2.80 bits per heavy atom. The number of imidazole rings is 1. The van der Waals surface area contributed by atoms with E-state index in [1.165, 1.54) is 6.07 Å². The van der Waals surface area contributed by atoms with Crippen LogP contribution in [-0.4, -0.2) is 15.6 Å². The molecule has 5 heteroatoms. The number of nitrogens with one attached hydrogen (secondary N) is 1. The third-order valence-corrected chi connectivity index (χ3v) is 3.76. The van der Waals surface area contributed by atoms with Gasteiger partial charge in [0, 0.05) is 25.3 Å². The van der Waals surface area contributed by atoms with Gasteiger partial charge in [0.1, 0.15) is 11.6 Å². The van der Waals surface area contributed by atoms with Gasteiger partial charge in [-0.1, -0.05) is 19.9 Å². The van der Waals surface area contributed by atoms with E-state index in [-0.39, 0.29) is 5.82 Å². The molecule has 0 aliphatic rings. The smallest absolute Gasteiger partial charge is 0.137 e. The van der Waals surface area contributed by atoms with Gasteiger partial charge in [-0.25, -0.2) is 9.37 Å². The number of nitrogens with zero attached hydrogens (tertiary/aromatic N) is 2. The van der Waals surface area contributed by atoms with Crippen molar-refractivity contribution in [2.75, 3.05) is 0 Å². The molecular formula is C15H19BrFN3. The first-order valence-electron chi connectivity index (χ1n) is 6.65. The molecule has 0 atom stereocenters. The lowest BCUT2D eigenvalue weighted by Crippen LogP contribution is -2.23. The van der Waals surface area contributed by atoms with Crippen molar-refractivity contribution in [3.8, 4) is 0 Å². The molecule has 108 valence electrons. The maximum Gasteiger partial charge on any atom is 0.137 e. The quantitative estimate of drug-likeness (QED) is 0.901. The summed E-state index contributed by atoms with van der Waals surface area (Å²) in [5.41, 5.74) is 2.18. The Balaban J connectivity index is 2.19. The molecule has 1 N–H and O–H groups in total. The fraction of sp³-hybridized carbons (Fsp3) is 0.400. The van der Waals surface area contributed by atoms with E-state index in [2.05, 4.69) is 44.6 Å². The van der Waals surface area contributed by atoms with Crippen LogP contribution in [0.1, 0.15) is 30.9 Å². The van der Waals surface area contributed by atoms with Gasteiger partial charge in [-0.15, -0.1) is 0 Å². The van der Waals surface area contributed by atoms with Gasteiger partial charge in [0.15, 0.2) is 0 Å². The molecular weight excluding hydrogens is 321 g/mol. The second-order valence-electron chi connectivity index (χ2n) is 5.17. The van der Waals surface area contributed by atoms with Crippen LogP contribution in [0.15, 0.2) is 28.9 Å². The number of rotatable bonds is 5. The summed E-state index contributed by atoms with van der Waals surface area (Å²) in [6, 6.07) is 5.53. The van der Waals surface area contributed by atoms with E-state index < -0.39 is 0 Å². The minimum atomic E-state index is -0.238. The first-order chi connectivity index (χ1) is 9.47. The van der Waals surface area contributed by atoms with Gasteiger partial charge in [0.05, 0.1) is 10.2 Å². The lowest BCUT2D eigenvalue weighted by atomic mass is 10.2. The number of aromatic nitrogens is 2. The van der Waals surface area contributed by atoms with Crippen molar-refractivity contribution >= 4 is 15.9 Å². The van der Waals surface area contributed by atoms with E-state index in [0.717, 1.165) is 23.6 Å². The molecule has 20 heavy (non-hydrogen) atoms. The first-order valence-corrected chi connectivity index (χ1v) is 7.45. The predicted octanol–water partition coefficient (Wildman–Crippen LogP) is 3.64. The summed E-state index contributed by atoms with van der Waals surface area (Å²) in [6.07, 6.45) is 1.89. The Kier molecular flexibility index (Phi) is 4.94. The van der Waals surface area contributed by atoms with Crippen LogP contribution in [0.5, 0.6) is 0 Å². The van der Waals surface area contributed by atoms with Crippen LogP contribution in [0.2, 0.25) is 0 Å². The van der Waals surface area contributed by atoms with Crippen molar-refractivity contribution in [1.29, 1.82) is 0 Å². The molecule has 0 unspecified atom stereocenters. The molecule has 0 saturated heterocycles. The van der Waals surface area contributed by atoms with Crippen LogP contribution in [0.25, 0.3) is 0 Å². The summed E-state index contributed by atoms with van der Waals surface area (Å²) >= 11 is 3.22. The van der Waals surface area contributed by atoms with Crippen molar-refractivity contribution in [1.82, 2.24) is 14.9 Å². The van der Waals surface area contributed by atoms with Crippen LogP contribution < -0.4 is 5.32 Å². The fourth-order valence-corrected chi connectivity index (χ4v) is 2.43. The fourth-order valence-electron chi connectivity index (χ4n) is 2.00. The highest BCUT2D eigenvalue weighted by atomic mass is 79.9. The molecule has 0 amide bonds. The zero-order valence-corrected chi connectivity index (χ0v) is 13.5. The monoisotopic (exact) mass is 339 g/mol. The predicted molar refractivity (Wildman–Crippen MR) is 82.1 cm³/mol. The number of halogens is 2. The van der Waals surface area contributed by atoms with Crippen molar-refractivity contribution in [3.63, 3.8) is 0 Å². The molecule has 0 bridgehead atoms. The lowest BCUT2D eigenvalue weighted by Gasteiger charge is -2.13. The molecule has 1 aromatic carbocycles. The average Bonchev–Trinajstić information content (AvgIpc) is 2.73. The molecule has 0 saturated carbocycles. The SMILES string of the molecule is Cc1ncc(CNC(C)C)n1Cc1ccc(F)c(Br)c1. The Bertz CT molecular complexity index is 593. The third kappa shape index (κ3) is 3.67. The Hall–Kier alpha value is -1.20. The molecule has 0 spiro atoms. The Labute approximate surface area is 127 Å². The van der Waals surface area contributed by atoms with Gasteiger partial charge in [0.2, 0.25) is 0 Å². The van der Waals surface area contributed by atoms with Gasteiger partial charge in [-0.2, -0.15) is 0 Å². The average molecular weight is 340 g/mol. The number of aryl methyl sites for hydroxylation is 1. The summed E-state index contributed by atoms with van der Waals surface area (Å²) in [7, 11) is 0. The number of hydrogen-bond donors (Lipinski definition) is 1. The number of hydrogen-bond acceptors (Lipinski definition) is 2. The van der Waals surface area contributed by atoms with Gasteiger partial charge < -0.3 is 9.88 Å². The molecule has 0 fully saturated rings. The summed E-state index contributed by atoms with van der Waals surface area (Å²) in [6.45, 7) is 7.69. The number of benzene rings is 1. The Morgan fingerprint density at radius 2 is 2.15 bits per heavy atom. The Morgan fingerprint density at radius 1 is 1.40 bits per heavy atom. The summed E-state index contributed by atoms with van der Waals surface area (Å²) in [5, 5.41) is 3.39. The standard InChI is InChI=1S/C15H19BrFN3/c1-10(2)18-7-13-8-19-11(3)20(13)9-12-4-5-15(17)14(16)6-12/h4-6,8,10,18H,7,9H2,1-3H3. The molecule has 1 heterocycles. The van der Waals surface area contributed by atoms with Crippen LogP contribution in [0.3, 0.4) is 0 Å². The molecule has 0 aliphatic heterocycles. The minimum absolute atomic E-state index is 0.238. The topological polar surface area (TPSA) is 29.9 Å². The highest BCUT2D eigenvalue weighted by molar-refractivity contribution is 9.10.